The number of nitrogens with zero attached hydrogens (tertiary/aromatic N) is 1. The number of hydrogen-bond acceptors (Lipinski definition) is 3. The van der Waals surface area contributed by atoms with Crippen LogP contribution < -0.4 is 9.47 Å². The lowest BCUT2D eigenvalue weighted by Crippen LogP contribution is -1.90. The minimum atomic E-state index is -0.432. The Hall–Kier alpha value is -3.06. The van der Waals surface area contributed by atoms with Gasteiger partial charge in [-0.2, -0.15) is 5.26 Å². The number of methoxy groups -OCH3 is 2. The highest BCUT2D eigenvalue weighted by Crippen LogP contribution is 2.31. The molecule has 3 rings (SSSR count). The molecule has 0 unspecified atom stereocenters. The second kappa shape index (κ2) is 5.98. The highest BCUT2D eigenvalue weighted by molar-refractivity contribution is 5.93. The van der Waals surface area contributed by atoms with E-state index in [1.54, 1.807) is 25.3 Å². The van der Waals surface area contributed by atoms with Crippen LogP contribution in [0.4, 0.5) is 4.39 Å². The molecular weight excluding hydrogens is 293 g/mol. The predicted molar refractivity (Wildman–Crippen MR) is 87.2 cm³/mol. The summed E-state index contributed by atoms with van der Waals surface area (Å²) in [6.45, 7) is 0. The molecule has 3 aromatic carbocycles. The highest BCUT2D eigenvalue weighted by atomic mass is 19.1. The molecule has 0 amide bonds. The lowest BCUT2D eigenvalue weighted by atomic mass is 9.97. The number of halogens is 1. The van der Waals surface area contributed by atoms with Crippen molar-refractivity contribution in [1.82, 2.24) is 0 Å². The first-order chi connectivity index (χ1) is 11.2. The summed E-state index contributed by atoms with van der Waals surface area (Å²) in [5.74, 6) is 0.454. The minimum absolute atomic E-state index is 0.194. The zero-order valence-electron chi connectivity index (χ0n) is 12.8. The van der Waals surface area contributed by atoms with Crippen molar-refractivity contribution in [2.75, 3.05) is 14.2 Å². The van der Waals surface area contributed by atoms with Gasteiger partial charge in [-0.15, -0.1) is 0 Å². The van der Waals surface area contributed by atoms with E-state index in [2.05, 4.69) is 6.07 Å². The Kier molecular flexibility index (Phi) is 3.86. The largest absolute Gasteiger partial charge is 0.497 e. The Labute approximate surface area is 133 Å². The molecule has 0 aliphatic heterocycles. The molecule has 3 nitrogen and oxygen atoms in total. The molecular formula is C19H14FNO2. The fourth-order valence-electron chi connectivity index (χ4n) is 2.57. The fraction of sp³-hybridized carbons (Fsp3) is 0.105. The number of nitriles is 1. The van der Waals surface area contributed by atoms with Crippen LogP contribution in [0.15, 0.2) is 48.5 Å². The molecule has 0 radical (unpaired) electrons. The average molecular weight is 307 g/mol. The summed E-state index contributed by atoms with van der Waals surface area (Å²) < 4.78 is 24.1. The second-order valence-corrected chi connectivity index (χ2v) is 5.07. The molecule has 3 aromatic rings. The van der Waals surface area contributed by atoms with Crippen LogP contribution in [0.1, 0.15) is 5.56 Å². The quantitative estimate of drug-likeness (QED) is 0.713. The van der Waals surface area contributed by atoms with Crippen LogP contribution in [0.3, 0.4) is 0 Å². The van der Waals surface area contributed by atoms with Gasteiger partial charge >= 0.3 is 0 Å². The van der Waals surface area contributed by atoms with Crippen LogP contribution >= 0.6 is 0 Å². The summed E-state index contributed by atoms with van der Waals surface area (Å²) in [5.41, 5.74) is 1.99. The van der Waals surface area contributed by atoms with E-state index in [0.717, 1.165) is 16.3 Å². The van der Waals surface area contributed by atoms with Crippen LogP contribution in [0, 0.1) is 17.1 Å². The van der Waals surface area contributed by atoms with Crippen molar-refractivity contribution in [1.29, 1.82) is 5.26 Å². The molecule has 0 saturated heterocycles. The van der Waals surface area contributed by atoms with Crippen LogP contribution in [0.2, 0.25) is 0 Å². The van der Waals surface area contributed by atoms with Gasteiger partial charge in [0, 0.05) is 5.39 Å². The summed E-state index contributed by atoms with van der Waals surface area (Å²) in [5, 5.41) is 11.1. The Morgan fingerprint density at radius 2 is 1.74 bits per heavy atom. The van der Waals surface area contributed by atoms with Crippen molar-refractivity contribution in [3.63, 3.8) is 0 Å². The molecule has 0 fully saturated rings. The Balaban J connectivity index is 2.19. The molecule has 0 heterocycles. The number of fused-ring (bicyclic) bond motifs is 1. The van der Waals surface area contributed by atoms with Gasteiger partial charge in [0.05, 0.1) is 25.9 Å². The van der Waals surface area contributed by atoms with Crippen molar-refractivity contribution >= 4 is 10.8 Å². The van der Waals surface area contributed by atoms with Crippen molar-refractivity contribution < 1.29 is 13.9 Å². The lowest BCUT2D eigenvalue weighted by Gasteiger charge is -2.09. The molecule has 0 aliphatic rings. The summed E-state index contributed by atoms with van der Waals surface area (Å²) in [4.78, 5) is 0. The van der Waals surface area contributed by atoms with E-state index in [9.17, 15) is 9.65 Å². The minimum Gasteiger partial charge on any atom is -0.497 e. The maximum absolute atomic E-state index is 13.9. The van der Waals surface area contributed by atoms with E-state index < -0.39 is 5.82 Å². The van der Waals surface area contributed by atoms with Gasteiger partial charge in [0.25, 0.3) is 0 Å². The fourth-order valence-corrected chi connectivity index (χ4v) is 2.57. The maximum Gasteiger partial charge on any atom is 0.165 e. The van der Waals surface area contributed by atoms with Gasteiger partial charge in [0.2, 0.25) is 0 Å². The zero-order chi connectivity index (χ0) is 16.4. The van der Waals surface area contributed by atoms with Gasteiger partial charge in [-0.05, 0) is 52.9 Å². The third kappa shape index (κ3) is 2.69. The van der Waals surface area contributed by atoms with Gasteiger partial charge in [0.15, 0.2) is 11.6 Å². The Morgan fingerprint density at radius 1 is 0.913 bits per heavy atom. The van der Waals surface area contributed by atoms with E-state index in [1.165, 1.54) is 13.2 Å². The summed E-state index contributed by atoms with van der Waals surface area (Å²) in [6.07, 6.45) is 0. The summed E-state index contributed by atoms with van der Waals surface area (Å²) in [7, 11) is 3.01. The third-order valence-corrected chi connectivity index (χ3v) is 3.77. The molecule has 0 aromatic heterocycles. The number of rotatable bonds is 3. The first-order valence-electron chi connectivity index (χ1n) is 7.02. The predicted octanol–water partition coefficient (Wildman–Crippen LogP) is 4.53. The molecule has 0 bridgehead atoms. The van der Waals surface area contributed by atoms with Gasteiger partial charge in [-0.3, -0.25) is 0 Å². The van der Waals surface area contributed by atoms with Crippen LogP contribution in [-0.4, -0.2) is 14.2 Å². The standard InChI is InChI=1S/C19H14FNO2/c1-22-16-5-3-13-7-14(8-15(11-21)17(13)10-16)12-4-6-19(23-2)18(20)9-12/h3-10H,1-2H3. The maximum atomic E-state index is 13.9. The van der Waals surface area contributed by atoms with E-state index in [1.807, 2.05) is 24.3 Å². The highest BCUT2D eigenvalue weighted by Gasteiger charge is 2.09. The second-order valence-electron chi connectivity index (χ2n) is 5.07. The summed E-state index contributed by atoms with van der Waals surface area (Å²) in [6, 6.07) is 16.2. The van der Waals surface area contributed by atoms with Gasteiger partial charge in [-0.1, -0.05) is 12.1 Å². The van der Waals surface area contributed by atoms with Crippen molar-refractivity contribution in [2.24, 2.45) is 0 Å². The SMILES string of the molecule is COc1ccc2cc(-c3ccc(OC)c(F)c3)cc(C#N)c2c1. The van der Waals surface area contributed by atoms with Gasteiger partial charge < -0.3 is 9.47 Å². The van der Waals surface area contributed by atoms with E-state index in [4.69, 9.17) is 9.47 Å². The van der Waals surface area contributed by atoms with Crippen molar-refractivity contribution in [3.05, 3.63) is 59.9 Å². The van der Waals surface area contributed by atoms with E-state index >= 15 is 0 Å². The molecule has 0 spiro atoms. The molecule has 0 saturated carbocycles. The van der Waals surface area contributed by atoms with Crippen LogP contribution in [0.5, 0.6) is 11.5 Å². The van der Waals surface area contributed by atoms with Gasteiger partial charge in [0.1, 0.15) is 5.75 Å². The van der Waals surface area contributed by atoms with Crippen molar-refractivity contribution in [3.8, 4) is 28.7 Å². The topological polar surface area (TPSA) is 42.2 Å². The first kappa shape index (κ1) is 14.9. The van der Waals surface area contributed by atoms with E-state index in [0.29, 0.717) is 16.9 Å². The van der Waals surface area contributed by atoms with Gasteiger partial charge in [-0.25, -0.2) is 4.39 Å². The molecule has 4 heteroatoms. The first-order valence-corrected chi connectivity index (χ1v) is 7.02. The van der Waals surface area contributed by atoms with Crippen molar-refractivity contribution in [2.45, 2.75) is 0 Å². The molecule has 114 valence electrons. The Morgan fingerprint density at radius 3 is 2.39 bits per heavy atom. The third-order valence-electron chi connectivity index (χ3n) is 3.77. The monoisotopic (exact) mass is 307 g/mol. The smallest absolute Gasteiger partial charge is 0.165 e. The lowest BCUT2D eigenvalue weighted by molar-refractivity contribution is 0.386. The average Bonchev–Trinajstić information content (AvgIpc) is 2.60. The van der Waals surface area contributed by atoms with Crippen LogP contribution in [0.25, 0.3) is 21.9 Å². The molecule has 23 heavy (non-hydrogen) atoms. The number of benzene rings is 3. The Bertz CT molecular complexity index is 929. The molecule has 0 aliphatic carbocycles. The summed E-state index contributed by atoms with van der Waals surface area (Å²) >= 11 is 0. The zero-order valence-corrected chi connectivity index (χ0v) is 12.8. The van der Waals surface area contributed by atoms with E-state index in [-0.39, 0.29) is 5.75 Å². The number of ether oxygens (including phenoxy) is 2. The normalized spacial score (nSPS) is 10.3. The van der Waals surface area contributed by atoms with Crippen LogP contribution in [-0.2, 0) is 0 Å². The number of hydrogen-bond donors (Lipinski definition) is 0. The molecule has 0 N–H and O–H groups in total. The molecule has 0 atom stereocenters.